The highest BCUT2D eigenvalue weighted by atomic mass is 32.2. The average molecular weight is 353 g/mol. The fraction of sp³-hybridized carbons (Fsp3) is 0.588. The summed E-state index contributed by atoms with van der Waals surface area (Å²) in [5.74, 6) is -0.225. The molecule has 1 heterocycles. The molecule has 1 fully saturated rings. The lowest BCUT2D eigenvalue weighted by atomic mass is 10.1. The quantitative estimate of drug-likeness (QED) is 0.873. The Morgan fingerprint density at radius 2 is 2.12 bits per heavy atom. The number of carbonyl (C=O) groups is 1. The Labute approximate surface area is 144 Å². The Hall–Kier alpha value is -1.44. The third-order valence-electron chi connectivity index (χ3n) is 4.75. The van der Waals surface area contributed by atoms with Gasteiger partial charge in [0.15, 0.2) is 0 Å². The van der Waals surface area contributed by atoms with Crippen LogP contribution < -0.4 is 5.73 Å². The number of benzene rings is 1. The molecule has 1 aromatic rings. The zero-order valence-electron chi connectivity index (χ0n) is 14.6. The van der Waals surface area contributed by atoms with Crippen LogP contribution in [-0.4, -0.2) is 55.8 Å². The maximum atomic E-state index is 12.9. The molecule has 1 saturated heterocycles. The molecule has 1 aromatic carbocycles. The lowest BCUT2D eigenvalue weighted by molar-refractivity contribution is 0.0748. The Balaban J connectivity index is 2.31. The minimum atomic E-state index is -3.58. The first-order chi connectivity index (χ1) is 11.3. The monoisotopic (exact) mass is 353 g/mol. The number of likely N-dealkylation sites (N-methyl/N-ethyl adjacent to an activating group) is 1. The fourth-order valence-corrected chi connectivity index (χ4v) is 4.66. The van der Waals surface area contributed by atoms with E-state index in [9.17, 15) is 13.2 Å². The van der Waals surface area contributed by atoms with Crippen molar-refractivity contribution in [2.75, 3.05) is 20.1 Å². The molecule has 0 aromatic heterocycles. The molecule has 7 heteroatoms. The summed E-state index contributed by atoms with van der Waals surface area (Å²) in [6, 6.07) is 6.16. The van der Waals surface area contributed by atoms with E-state index in [-0.39, 0.29) is 22.9 Å². The molecule has 1 amide bonds. The van der Waals surface area contributed by atoms with Gasteiger partial charge in [0.2, 0.25) is 10.0 Å². The van der Waals surface area contributed by atoms with Crippen molar-refractivity contribution >= 4 is 15.9 Å². The molecule has 0 radical (unpaired) electrons. The van der Waals surface area contributed by atoms with Gasteiger partial charge in [0.25, 0.3) is 5.91 Å². The molecule has 2 atom stereocenters. The first-order valence-electron chi connectivity index (χ1n) is 8.38. The van der Waals surface area contributed by atoms with Crippen molar-refractivity contribution in [3.05, 3.63) is 29.8 Å². The van der Waals surface area contributed by atoms with Crippen LogP contribution >= 0.6 is 0 Å². The molecule has 0 aliphatic carbocycles. The molecule has 2 unspecified atom stereocenters. The van der Waals surface area contributed by atoms with Gasteiger partial charge in [0, 0.05) is 37.8 Å². The summed E-state index contributed by atoms with van der Waals surface area (Å²) in [6.07, 6.45) is 2.79. The maximum absolute atomic E-state index is 12.9. The van der Waals surface area contributed by atoms with Gasteiger partial charge >= 0.3 is 0 Å². The van der Waals surface area contributed by atoms with Gasteiger partial charge in [-0.3, -0.25) is 4.79 Å². The average Bonchev–Trinajstić information content (AvgIpc) is 2.60. The van der Waals surface area contributed by atoms with Crippen molar-refractivity contribution in [1.82, 2.24) is 9.21 Å². The van der Waals surface area contributed by atoms with Crippen molar-refractivity contribution in [2.45, 2.75) is 50.1 Å². The molecule has 1 aliphatic rings. The minimum Gasteiger partial charge on any atom is -0.338 e. The summed E-state index contributed by atoms with van der Waals surface area (Å²) < 4.78 is 27.4. The molecule has 2 rings (SSSR count). The predicted octanol–water partition coefficient (Wildman–Crippen LogP) is 1.67. The van der Waals surface area contributed by atoms with E-state index in [1.54, 1.807) is 29.6 Å². The number of rotatable bonds is 5. The Morgan fingerprint density at radius 1 is 1.42 bits per heavy atom. The first kappa shape index (κ1) is 18.9. The van der Waals surface area contributed by atoms with Crippen LogP contribution in [0.4, 0.5) is 0 Å². The van der Waals surface area contributed by atoms with E-state index in [0.717, 1.165) is 19.3 Å². The Bertz CT molecular complexity index is 690. The zero-order valence-corrected chi connectivity index (χ0v) is 15.4. The van der Waals surface area contributed by atoms with Crippen LogP contribution in [0.3, 0.4) is 0 Å². The lowest BCUT2D eigenvalue weighted by Crippen LogP contribution is -2.42. The third kappa shape index (κ3) is 3.79. The van der Waals surface area contributed by atoms with Crippen LogP contribution in [-0.2, 0) is 10.0 Å². The van der Waals surface area contributed by atoms with E-state index >= 15 is 0 Å². The van der Waals surface area contributed by atoms with Crippen molar-refractivity contribution in [3.63, 3.8) is 0 Å². The van der Waals surface area contributed by atoms with Gasteiger partial charge in [-0.25, -0.2) is 8.42 Å². The van der Waals surface area contributed by atoms with E-state index in [0.29, 0.717) is 18.7 Å². The molecule has 134 valence electrons. The number of piperidine rings is 1. The second kappa shape index (κ2) is 7.63. The second-order valence-corrected chi connectivity index (χ2v) is 8.38. The van der Waals surface area contributed by atoms with Gasteiger partial charge in [0.1, 0.15) is 0 Å². The van der Waals surface area contributed by atoms with Crippen molar-refractivity contribution in [3.8, 4) is 0 Å². The fourth-order valence-electron chi connectivity index (χ4n) is 2.92. The van der Waals surface area contributed by atoms with E-state index in [4.69, 9.17) is 5.73 Å². The number of nitrogens with zero attached hydrogens (tertiary/aromatic N) is 2. The smallest absolute Gasteiger partial charge is 0.253 e. The molecule has 0 bridgehead atoms. The predicted molar refractivity (Wildman–Crippen MR) is 94.3 cm³/mol. The highest BCUT2D eigenvalue weighted by Gasteiger charge is 2.31. The van der Waals surface area contributed by atoms with Crippen molar-refractivity contribution in [2.24, 2.45) is 5.73 Å². The number of amides is 1. The highest BCUT2D eigenvalue weighted by molar-refractivity contribution is 7.89. The number of hydrogen-bond donors (Lipinski definition) is 1. The Kier molecular flexibility index (Phi) is 6.01. The number of sulfonamides is 1. The van der Waals surface area contributed by atoms with Gasteiger partial charge in [-0.1, -0.05) is 12.5 Å². The van der Waals surface area contributed by atoms with Gasteiger partial charge in [-0.05, 0) is 44.9 Å². The SMILES string of the molecule is CC(CN)N(C)C(=O)c1cccc(S(=O)(=O)N2CCCCC2C)c1. The third-order valence-corrected chi connectivity index (χ3v) is 6.76. The van der Waals surface area contributed by atoms with Crippen LogP contribution in [0.25, 0.3) is 0 Å². The minimum absolute atomic E-state index is 0.0111. The summed E-state index contributed by atoms with van der Waals surface area (Å²) in [6.45, 7) is 4.67. The number of carbonyl (C=O) groups excluding carboxylic acids is 1. The van der Waals surface area contributed by atoms with Gasteiger partial charge in [-0.2, -0.15) is 4.31 Å². The largest absolute Gasteiger partial charge is 0.338 e. The van der Waals surface area contributed by atoms with Crippen LogP contribution in [0.2, 0.25) is 0 Å². The Morgan fingerprint density at radius 3 is 2.75 bits per heavy atom. The molecule has 2 N–H and O–H groups in total. The molecular weight excluding hydrogens is 326 g/mol. The van der Waals surface area contributed by atoms with E-state index < -0.39 is 10.0 Å². The van der Waals surface area contributed by atoms with Crippen LogP contribution in [0.5, 0.6) is 0 Å². The van der Waals surface area contributed by atoms with Gasteiger partial charge < -0.3 is 10.6 Å². The number of nitrogens with two attached hydrogens (primary N) is 1. The number of hydrogen-bond acceptors (Lipinski definition) is 4. The first-order valence-corrected chi connectivity index (χ1v) is 9.82. The molecule has 0 spiro atoms. The summed E-state index contributed by atoms with van der Waals surface area (Å²) in [5, 5.41) is 0. The summed E-state index contributed by atoms with van der Waals surface area (Å²) >= 11 is 0. The van der Waals surface area contributed by atoms with E-state index in [1.165, 1.54) is 11.0 Å². The molecule has 6 nitrogen and oxygen atoms in total. The van der Waals surface area contributed by atoms with Gasteiger partial charge in [-0.15, -0.1) is 0 Å². The van der Waals surface area contributed by atoms with E-state index in [2.05, 4.69) is 0 Å². The standard InChI is InChI=1S/C17H27N3O3S/c1-13-7-4-5-10-20(13)24(22,23)16-9-6-8-15(11-16)17(21)19(3)14(2)12-18/h6,8-9,11,13-14H,4-5,7,10,12,18H2,1-3H3. The molecular formula is C17H27N3O3S. The van der Waals surface area contributed by atoms with Gasteiger partial charge in [0.05, 0.1) is 4.90 Å². The maximum Gasteiger partial charge on any atom is 0.253 e. The molecule has 24 heavy (non-hydrogen) atoms. The lowest BCUT2D eigenvalue weighted by Gasteiger charge is -2.32. The van der Waals surface area contributed by atoms with Crippen LogP contribution in [0.1, 0.15) is 43.5 Å². The summed E-state index contributed by atoms with van der Waals surface area (Å²) in [4.78, 5) is 14.2. The van der Waals surface area contributed by atoms with E-state index in [1.807, 2.05) is 13.8 Å². The summed E-state index contributed by atoms with van der Waals surface area (Å²) in [7, 11) is -1.91. The second-order valence-electron chi connectivity index (χ2n) is 6.49. The highest BCUT2D eigenvalue weighted by Crippen LogP contribution is 2.25. The topological polar surface area (TPSA) is 83.7 Å². The summed E-state index contributed by atoms with van der Waals surface area (Å²) in [5.41, 5.74) is 5.97. The van der Waals surface area contributed by atoms with Crippen molar-refractivity contribution < 1.29 is 13.2 Å². The molecule has 0 saturated carbocycles. The van der Waals surface area contributed by atoms with Crippen molar-refractivity contribution in [1.29, 1.82) is 0 Å². The normalized spacial score (nSPS) is 20.6. The van der Waals surface area contributed by atoms with Crippen LogP contribution in [0.15, 0.2) is 29.2 Å². The zero-order chi connectivity index (χ0) is 17.9. The molecule has 1 aliphatic heterocycles. The van der Waals surface area contributed by atoms with Crippen LogP contribution in [0, 0.1) is 0 Å².